The van der Waals surface area contributed by atoms with Gasteiger partial charge in [-0.1, -0.05) is 12.7 Å². The second kappa shape index (κ2) is 7.05. The number of carbonyl (C=O) groups is 3. The summed E-state index contributed by atoms with van der Waals surface area (Å²) in [6.07, 6.45) is 1.36. The van der Waals surface area contributed by atoms with Crippen LogP contribution in [0, 0.1) is 4.91 Å². The zero-order valence-electron chi connectivity index (χ0n) is 12.1. The fourth-order valence-electron chi connectivity index (χ4n) is 2.30. The van der Waals surface area contributed by atoms with E-state index in [4.69, 9.17) is 11.6 Å². The van der Waals surface area contributed by atoms with Crippen LogP contribution in [0.3, 0.4) is 0 Å². The standard InChI is InChI=1S/C13H12ClN3O6S/c1-2-5-4-24-12-8(11(20)17(12)9(5)13(21)22)15-10(19)7(16-23)6(18)3-14/h2,8,12,18H,1,3-4H2,(H,15,19)(H,21,22)/t8?,12-/m0/s1. The first-order valence-electron chi connectivity index (χ1n) is 6.53. The molecule has 0 aliphatic carbocycles. The van der Waals surface area contributed by atoms with Crippen molar-refractivity contribution in [3.8, 4) is 0 Å². The van der Waals surface area contributed by atoms with Gasteiger partial charge in [0.25, 0.3) is 11.8 Å². The Labute approximate surface area is 145 Å². The maximum absolute atomic E-state index is 12.2. The first-order chi connectivity index (χ1) is 11.4. The first kappa shape index (κ1) is 18.0. The summed E-state index contributed by atoms with van der Waals surface area (Å²) in [7, 11) is 0. The number of hydrogen-bond donors (Lipinski definition) is 3. The van der Waals surface area contributed by atoms with Gasteiger partial charge >= 0.3 is 5.97 Å². The van der Waals surface area contributed by atoms with Crippen molar-refractivity contribution in [1.29, 1.82) is 0 Å². The normalized spacial score (nSPS) is 23.7. The number of aliphatic hydroxyl groups excluding tert-OH is 1. The highest BCUT2D eigenvalue weighted by Gasteiger charge is 2.54. The van der Waals surface area contributed by atoms with E-state index in [0.29, 0.717) is 11.3 Å². The van der Waals surface area contributed by atoms with Gasteiger partial charge in [0.05, 0.1) is 5.88 Å². The smallest absolute Gasteiger partial charge is 0.352 e. The molecule has 128 valence electrons. The Bertz CT molecular complexity index is 704. The largest absolute Gasteiger partial charge is 0.508 e. The molecule has 2 amide bonds. The molecule has 3 N–H and O–H groups in total. The molecule has 0 aromatic rings. The number of nitrogens with zero attached hydrogens (tertiary/aromatic N) is 2. The third-order valence-corrected chi connectivity index (χ3v) is 4.99. The van der Waals surface area contributed by atoms with Gasteiger partial charge in [-0.3, -0.25) is 14.5 Å². The number of amides is 2. The predicted octanol–water partition coefficient (Wildman–Crippen LogP) is 0.686. The van der Waals surface area contributed by atoms with Crippen molar-refractivity contribution in [3.05, 3.63) is 40.3 Å². The van der Waals surface area contributed by atoms with Crippen LogP contribution < -0.4 is 5.32 Å². The molecule has 1 fully saturated rings. The van der Waals surface area contributed by atoms with Crippen molar-refractivity contribution in [3.63, 3.8) is 0 Å². The van der Waals surface area contributed by atoms with E-state index < -0.39 is 46.5 Å². The highest BCUT2D eigenvalue weighted by Crippen LogP contribution is 2.40. The Morgan fingerprint density at radius 1 is 1.50 bits per heavy atom. The molecule has 24 heavy (non-hydrogen) atoms. The first-order valence-corrected chi connectivity index (χ1v) is 8.11. The van der Waals surface area contributed by atoms with Gasteiger partial charge in [-0.15, -0.1) is 28.3 Å². The number of hydrogen-bond acceptors (Lipinski definition) is 7. The van der Waals surface area contributed by atoms with E-state index in [1.165, 1.54) is 17.8 Å². The Hall–Kier alpha value is -2.33. The lowest BCUT2D eigenvalue weighted by Crippen LogP contribution is -2.70. The van der Waals surface area contributed by atoms with Gasteiger partial charge in [0.2, 0.25) is 5.70 Å². The van der Waals surface area contributed by atoms with Crippen LogP contribution >= 0.6 is 23.4 Å². The maximum Gasteiger partial charge on any atom is 0.352 e. The van der Waals surface area contributed by atoms with Crippen molar-refractivity contribution < 1.29 is 24.6 Å². The highest BCUT2D eigenvalue weighted by molar-refractivity contribution is 8.00. The van der Waals surface area contributed by atoms with Crippen molar-refractivity contribution in [2.45, 2.75) is 11.4 Å². The second-order valence-corrected chi connectivity index (χ2v) is 6.14. The van der Waals surface area contributed by atoms with Gasteiger partial charge in [0, 0.05) is 5.75 Å². The fraction of sp³-hybridized carbons (Fsp3) is 0.308. The summed E-state index contributed by atoms with van der Waals surface area (Å²) in [6.45, 7) is 3.52. The van der Waals surface area contributed by atoms with Gasteiger partial charge in [0.1, 0.15) is 22.9 Å². The van der Waals surface area contributed by atoms with E-state index in [2.05, 4.69) is 17.1 Å². The Morgan fingerprint density at radius 3 is 2.67 bits per heavy atom. The van der Waals surface area contributed by atoms with Crippen LogP contribution in [0.5, 0.6) is 0 Å². The molecule has 2 atom stereocenters. The number of β-lactam (4-membered cyclic amide) rings is 1. The number of nitrogens with one attached hydrogen (secondary N) is 1. The van der Waals surface area contributed by atoms with Crippen LogP contribution in [0.15, 0.2) is 40.6 Å². The lowest BCUT2D eigenvalue weighted by atomic mass is 10.0. The number of rotatable bonds is 6. The molecule has 0 radical (unpaired) electrons. The van der Waals surface area contributed by atoms with Crippen molar-refractivity contribution in [2.24, 2.45) is 5.18 Å². The molecule has 9 nitrogen and oxygen atoms in total. The third-order valence-electron chi connectivity index (χ3n) is 3.44. The molecule has 0 aromatic carbocycles. The zero-order valence-corrected chi connectivity index (χ0v) is 13.6. The van der Waals surface area contributed by atoms with Gasteiger partial charge < -0.3 is 15.5 Å². The van der Waals surface area contributed by atoms with E-state index in [0.717, 1.165) is 4.90 Å². The molecular formula is C13H12ClN3O6S. The van der Waals surface area contributed by atoms with E-state index in [1.807, 2.05) is 0 Å². The minimum absolute atomic E-state index is 0.183. The lowest BCUT2D eigenvalue weighted by Gasteiger charge is -2.49. The highest BCUT2D eigenvalue weighted by atomic mass is 35.5. The molecule has 2 rings (SSSR count). The molecule has 2 heterocycles. The number of nitroso groups, excluding NO2 is 1. The molecule has 1 unspecified atom stereocenters. The molecular weight excluding hydrogens is 362 g/mol. The topological polar surface area (TPSA) is 136 Å². The Balaban J connectivity index is 2.21. The number of thioether (sulfide) groups is 1. The van der Waals surface area contributed by atoms with Crippen LogP contribution in [-0.4, -0.2) is 55.9 Å². The molecule has 0 aromatic heterocycles. The number of allylic oxidation sites excluding steroid dienone is 2. The monoisotopic (exact) mass is 373 g/mol. The Kier molecular flexibility index (Phi) is 5.30. The van der Waals surface area contributed by atoms with Crippen molar-refractivity contribution in [1.82, 2.24) is 10.2 Å². The summed E-state index contributed by atoms with van der Waals surface area (Å²) >= 11 is 6.57. The summed E-state index contributed by atoms with van der Waals surface area (Å²) in [4.78, 5) is 47.2. The van der Waals surface area contributed by atoms with Gasteiger partial charge in [-0.2, -0.15) is 0 Å². The number of fused-ring (bicyclic) bond motifs is 1. The van der Waals surface area contributed by atoms with Crippen LogP contribution in [0.1, 0.15) is 0 Å². The summed E-state index contributed by atoms with van der Waals surface area (Å²) < 4.78 is 0. The minimum atomic E-state index is -1.27. The summed E-state index contributed by atoms with van der Waals surface area (Å²) in [6, 6.07) is -1.04. The van der Waals surface area contributed by atoms with Crippen LogP contribution in [-0.2, 0) is 14.4 Å². The van der Waals surface area contributed by atoms with Gasteiger partial charge in [0.15, 0.2) is 0 Å². The zero-order chi connectivity index (χ0) is 18.0. The molecule has 2 aliphatic heterocycles. The van der Waals surface area contributed by atoms with E-state index in [9.17, 15) is 29.5 Å². The average molecular weight is 374 g/mol. The Morgan fingerprint density at radius 2 is 2.17 bits per heavy atom. The minimum Gasteiger partial charge on any atom is -0.508 e. The van der Waals surface area contributed by atoms with Gasteiger partial charge in [-0.25, -0.2) is 4.79 Å². The van der Waals surface area contributed by atoms with Crippen LogP contribution in [0.2, 0.25) is 0 Å². The SMILES string of the molecule is C=CC1=C(C(=O)O)N2C(=O)C(NC(=O)C(N=O)=C(O)CCl)[C@@H]2SC1. The molecule has 1 saturated heterocycles. The second-order valence-electron chi connectivity index (χ2n) is 4.76. The predicted molar refractivity (Wildman–Crippen MR) is 86.1 cm³/mol. The summed E-state index contributed by atoms with van der Waals surface area (Å²) in [5.41, 5.74) is -0.605. The number of carbonyl (C=O) groups excluding carboxylic acids is 2. The number of aliphatic hydroxyl groups is 1. The molecule has 0 spiro atoms. The average Bonchev–Trinajstić information content (AvgIpc) is 2.58. The third kappa shape index (κ3) is 2.89. The number of halogens is 1. The molecule has 0 bridgehead atoms. The van der Waals surface area contributed by atoms with Crippen molar-refractivity contribution >= 4 is 41.1 Å². The molecule has 0 saturated carbocycles. The summed E-state index contributed by atoms with van der Waals surface area (Å²) in [5.74, 6) is -3.89. The van der Waals surface area contributed by atoms with Crippen LogP contribution in [0.4, 0.5) is 0 Å². The number of carboxylic acids is 1. The number of carboxylic acid groups (broad SMARTS) is 1. The lowest BCUT2D eigenvalue weighted by molar-refractivity contribution is -0.150. The van der Waals surface area contributed by atoms with E-state index in [-0.39, 0.29) is 5.70 Å². The fourth-order valence-corrected chi connectivity index (χ4v) is 3.76. The van der Waals surface area contributed by atoms with Crippen molar-refractivity contribution in [2.75, 3.05) is 11.6 Å². The van der Waals surface area contributed by atoms with Gasteiger partial charge in [-0.05, 0) is 10.7 Å². The number of alkyl halides is 1. The molecule has 2 aliphatic rings. The van der Waals surface area contributed by atoms with E-state index >= 15 is 0 Å². The maximum atomic E-state index is 12.2. The summed E-state index contributed by atoms with van der Waals surface area (Å²) in [5, 5.41) is 22.7. The van der Waals surface area contributed by atoms with Crippen LogP contribution in [0.25, 0.3) is 0 Å². The number of aliphatic carboxylic acids is 1. The molecule has 11 heteroatoms. The quantitative estimate of drug-likeness (QED) is 0.205. The van der Waals surface area contributed by atoms with E-state index in [1.54, 1.807) is 0 Å².